The van der Waals surface area contributed by atoms with E-state index >= 15 is 0 Å². The van der Waals surface area contributed by atoms with Gasteiger partial charge in [-0.2, -0.15) is 0 Å². The first-order valence-electron chi connectivity index (χ1n) is 4.07. The van der Waals surface area contributed by atoms with Crippen molar-refractivity contribution in [3.63, 3.8) is 0 Å². The number of hydrogen-bond donors (Lipinski definition) is 1. The Bertz CT molecular complexity index is 344. The van der Waals surface area contributed by atoms with Crippen molar-refractivity contribution >= 4 is 50.0 Å². The fraction of sp³-hybridized carbons (Fsp3) is 0.333. The standard InChI is InChI=1S/C9H10Br2N2.ClH/c1-13-4-6-2-7(10)3-8(11)9(6)12-5-13;/h2-3,12H,4-5H2,1H3;1H. The van der Waals surface area contributed by atoms with Gasteiger partial charge in [0.1, 0.15) is 0 Å². The normalized spacial score (nSPS) is 15.4. The monoisotopic (exact) mass is 340 g/mol. The van der Waals surface area contributed by atoms with Gasteiger partial charge in [0, 0.05) is 15.5 Å². The summed E-state index contributed by atoms with van der Waals surface area (Å²) in [4.78, 5) is 2.24. The van der Waals surface area contributed by atoms with Crippen LogP contribution in [-0.4, -0.2) is 18.6 Å². The maximum Gasteiger partial charge on any atom is 0.0679 e. The van der Waals surface area contributed by atoms with Crippen LogP contribution >= 0.6 is 44.3 Å². The van der Waals surface area contributed by atoms with Gasteiger partial charge in [-0.3, -0.25) is 4.90 Å². The van der Waals surface area contributed by atoms with Gasteiger partial charge < -0.3 is 5.32 Å². The third-order valence-corrected chi connectivity index (χ3v) is 3.19. The van der Waals surface area contributed by atoms with Crippen molar-refractivity contribution < 1.29 is 0 Å². The zero-order chi connectivity index (χ0) is 9.42. The number of benzene rings is 1. The molecule has 0 radical (unpaired) electrons. The van der Waals surface area contributed by atoms with Crippen LogP contribution in [0.25, 0.3) is 0 Å². The lowest BCUT2D eigenvalue weighted by molar-refractivity contribution is 0.340. The fourth-order valence-corrected chi connectivity index (χ4v) is 2.96. The van der Waals surface area contributed by atoms with E-state index in [0.29, 0.717) is 0 Å². The van der Waals surface area contributed by atoms with E-state index in [-0.39, 0.29) is 12.4 Å². The number of nitrogens with one attached hydrogen (secondary N) is 1. The first kappa shape index (κ1) is 12.3. The van der Waals surface area contributed by atoms with Crippen molar-refractivity contribution in [2.24, 2.45) is 0 Å². The molecule has 5 heteroatoms. The molecule has 78 valence electrons. The van der Waals surface area contributed by atoms with E-state index < -0.39 is 0 Å². The van der Waals surface area contributed by atoms with Crippen molar-refractivity contribution in [3.8, 4) is 0 Å². The molecule has 0 amide bonds. The third-order valence-electron chi connectivity index (χ3n) is 2.10. The smallest absolute Gasteiger partial charge is 0.0679 e. The summed E-state index contributed by atoms with van der Waals surface area (Å²) in [5.74, 6) is 0. The van der Waals surface area contributed by atoms with E-state index in [2.05, 4.69) is 61.3 Å². The van der Waals surface area contributed by atoms with Gasteiger partial charge in [-0.05, 0) is 40.7 Å². The SMILES string of the molecule is CN1CNc2c(Br)cc(Br)cc2C1.Cl. The largest absolute Gasteiger partial charge is 0.371 e. The van der Waals surface area contributed by atoms with Crippen LogP contribution in [0.4, 0.5) is 5.69 Å². The molecule has 0 saturated carbocycles. The summed E-state index contributed by atoms with van der Waals surface area (Å²) in [5, 5.41) is 3.37. The number of hydrogen-bond acceptors (Lipinski definition) is 2. The molecule has 0 spiro atoms. The Morgan fingerprint density at radius 1 is 1.36 bits per heavy atom. The molecule has 1 aromatic carbocycles. The Balaban J connectivity index is 0.000000980. The topological polar surface area (TPSA) is 15.3 Å². The maximum absolute atomic E-state index is 3.54. The van der Waals surface area contributed by atoms with Gasteiger partial charge >= 0.3 is 0 Å². The molecule has 2 rings (SSSR count). The minimum absolute atomic E-state index is 0. The first-order valence-corrected chi connectivity index (χ1v) is 5.66. The Morgan fingerprint density at radius 3 is 2.79 bits per heavy atom. The van der Waals surface area contributed by atoms with Crippen molar-refractivity contribution in [2.45, 2.75) is 6.54 Å². The van der Waals surface area contributed by atoms with Crippen LogP contribution in [0, 0.1) is 0 Å². The van der Waals surface area contributed by atoms with Crippen molar-refractivity contribution in [1.82, 2.24) is 4.90 Å². The van der Waals surface area contributed by atoms with Crippen LogP contribution in [-0.2, 0) is 6.54 Å². The van der Waals surface area contributed by atoms with Gasteiger partial charge in [-0.25, -0.2) is 0 Å². The lowest BCUT2D eigenvalue weighted by Crippen LogP contribution is -2.30. The predicted octanol–water partition coefficient (Wildman–Crippen LogP) is 3.45. The number of fused-ring (bicyclic) bond motifs is 1. The lowest BCUT2D eigenvalue weighted by Gasteiger charge is -2.27. The number of nitrogens with zero attached hydrogens (tertiary/aromatic N) is 1. The zero-order valence-electron chi connectivity index (χ0n) is 7.68. The van der Waals surface area contributed by atoms with Crippen LogP contribution in [0.1, 0.15) is 5.56 Å². The summed E-state index contributed by atoms with van der Waals surface area (Å²) < 4.78 is 2.25. The van der Waals surface area contributed by atoms with Crippen molar-refractivity contribution in [2.75, 3.05) is 19.0 Å². The predicted molar refractivity (Wildman–Crippen MR) is 69.0 cm³/mol. The quantitative estimate of drug-likeness (QED) is 0.777. The van der Waals surface area contributed by atoms with Crippen molar-refractivity contribution in [3.05, 3.63) is 26.6 Å². The van der Waals surface area contributed by atoms with E-state index in [9.17, 15) is 0 Å². The molecule has 0 unspecified atom stereocenters. The summed E-state index contributed by atoms with van der Waals surface area (Å²) in [6, 6.07) is 4.22. The Kier molecular flexibility index (Phi) is 4.25. The molecule has 1 heterocycles. The van der Waals surface area contributed by atoms with Crippen LogP contribution in [0.3, 0.4) is 0 Å². The van der Waals surface area contributed by atoms with Gasteiger partial charge in [0.15, 0.2) is 0 Å². The minimum atomic E-state index is 0. The molecule has 1 N–H and O–H groups in total. The minimum Gasteiger partial charge on any atom is -0.371 e. The van der Waals surface area contributed by atoms with Crippen LogP contribution in [0.15, 0.2) is 21.1 Å². The zero-order valence-corrected chi connectivity index (χ0v) is 11.7. The van der Waals surface area contributed by atoms with E-state index in [1.807, 2.05) is 0 Å². The molecule has 1 aliphatic rings. The molecular formula is C9H11Br2ClN2. The summed E-state index contributed by atoms with van der Waals surface area (Å²) >= 11 is 7.03. The van der Waals surface area contributed by atoms with Crippen LogP contribution < -0.4 is 5.32 Å². The van der Waals surface area contributed by atoms with Gasteiger partial charge in [0.2, 0.25) is 0 Å². The highest BCUT2D eigenvalue weighted by molar-refractivity contribution is 9.11. The molecule has 0 saturated heterocycles. The number of anilines is 1. The second-order valence-electron chi connectivity index (χ2n) is 3.27. The summed E-state index contributed by atoms with van der Waals surface area (Å²) in [5.41, 5.74) is 2.55. The number of halogens is 3. The summed E-state index contributed by atoms with van der Waals surface area (Å²) in [6.45, 7) is 1.91. The Labute approximate surface area is 107 Å². The fourth-order valence-electron chi connectivity index (χ4n) is 1.51. The average Bonchev–Trinajstić information content (AvgIpc) is 2.02. The molecule has 2 nitrogen and oxygen atoms in total. The van der Waals surface area contributed by atoms with Crippen LogP contribution in [0.2, 0.25) is 0 Å². The second kappa shape index (κ2) is 4.84. The molecule has 0 atom stereocenters. The molecule has 0 bridgehead atoms. The third kappa shape index (κ3) is 2.42. The van der Waals surface area contributed by atoms with E-state index in [0.717, 1.165) is 22.2 Å². The lowest BCUT2D eigenvalue weighted by atomic mass is 10.1. The Hall–Kier alpha value is 0.230. The molecule has 1 aliphatic heterocycles. The van der Waals surface area contributed by atoms with Crippen LogP contribution in [0.5, 0.6) is 0 Å². The van der Waals surface area contributed by atoms with Gasteiger partial charge in [0.05, 0.1) is 12.4 Å². The molecule has 0 aliphatic carbocycles. The molecule has 14 heavy (non-hydrogen) atoms. The highest BCUT2D eigenvalue weighted by Crippen LogP contribution is 2.33. The van der Waals surface area contributed by atoms with Gasteiger partial charge in [-0.15, -0.1) is 12.4 Å². The van der Waals surface area contributed by atoms with E-state index in [1.54, 1.807) is 0 Å². The highest BCUT2D eigenvalue weighted by Gasteiger charge is 2.15. The molecular weight excluding hydrogens is 331 g/mol. The van der Waals surface area contributed by atoms with Crippen molar-refractivity contribution in [1.29, 1.82) is 0 Å². The highest BCUT2D eigenvalue weighted by atomic mass is 79.9. The summed E-state index contributed by atoms with van der Waals surface area (Å²) in [7, 11) is 2.10. The first-order chi connectivity index (χ1) is 6.16. The second-order valence-corrected chi connectivity index (χ2v) is 5.04. The van der Waals surface area contributed by atoms with E-state index in [4.69, 9.17) is 0 Å². The molecule has 0 aromatic heterocycles. The van der Waals surface area contributed by atoms with Gasteiger partial charge in [0.25, 0.3) is 0 Å². The van der Waals surface area contributed by atoms with Gasteiger partial charge in [-0.1, -0.05) is 15.9 Å². The summed E-state index contributed by atoms with van der Waals surface area (Å²) in [6.07, 6.45) is 0. The Morgan fingerprint density at radius 2 is 2.07 bits per heavy atom. The molecule has 1 aromatic rings. The molecule has 0 fully saturated rings. The van der Waals surface area contributed by atoms with E-state index in [1.165, 1.54) is 11.3 Å². The number of rotatable bonds is 0. The average molecular weight is 342 g/mol. The maximum atomic E-state index is 3.54.